The molecule has 1 unspecified atom stereocenters. The van der Waals surface area contributed by atoms with Crippen LogP contribution in [0.1, 0.15) is 20.8 Å². The van der Waals surface area contributed by atoms with E-state index >= 15 is 0 Å². The highest BCUT2D eigenvalue weighted by molar-refractivity contribution is 5.10. The Morgan fingerprint density at radius 3 is 2.50 bits per heavy atom. The van der Waals surface area contributed by atoms with E-state index in [0.29, 0.717) is 6.61 Å². The summed E-state index contributed by atoms with van der Waals surface area (Å²) in [5.74, 6) is 0. The molecule has 4 heteroatoms. The predicted molar refractivity (Wildman–Crippen MR) is 41.1 cm³/mol. The predicted octanol–water partition coefficient (Wildman–Crippen LogP) is 1.03. The number of rotatable bonds is 3. The van der Waals surface area contributed by atoms with E-state index in [4.69, 9.17) is 19.8 Å². The van der Waals surface area contributed by atoms with E-state index in [0.717, 1.165) is 0 Å². The number of ether oxygens (including phenoxy) is 1. The van der Waals surface area contributed by atoms with Crippen LogP contribution in [0.4, 0.5) is 0 Å². The molecule has 0 aromatic heterocycles. The molecule has 0 aliphatic carbocycles. The minimum Gasteiger partial charge on any atom is -0.351 e. The van der Waals surface area contributed by atoms with Gasteiger partial charge in [0.25, 0.3) is 0 Å². The van der Waals surface area contributed by atoms with Crippen molar-refractivity contribution in [3.05, 3.63) is 0 Å². The molecule has 68 valence electrons. The van der Waals surface area contributed by atoms with Gasteiger partial charge in [0.1, 0.15) is 12.7 Å². The zero-order valence-electron chi connectivity index (χ0n) is 7.59. The molecule has 0 spiro atoms. The maximum absolute atomic E-state index is 8.58. The molecule has 0 N–H and O–H groups in total. The van der Waals surface area contributed by atoms with Crippen molar-refractivity contribution in [1.29, 1.82) is 5.26 Å². The van der Waals surface area contributed by atoms with Crippen LogP contribution in [0.5, 0.6) is 0 Å². The third-order valence-electron chi connectivity index (χ3n) is 1.30. The van der Waals surface area contributed by atoms with Gasteiger partial charge in [-0.3, -0.25) is 0 Å². The zero-order valence-corrected chi connectivity index (χ0v) is 7.59. The molecular weight excluding hydrogens is 158 g/mol. The molecule has 0 aromatic carbocycles. The zero-order chi connectivity index (χ0) is 9.24. The Bertz CT molecular complexity index is 197. The second-order valence-electron chi connectivity index (χ2n) is 3.85. The molecule has 1 saturated heterocycles. The second-order valence-corrected chi connectivity index (χ2v) is 3.85. The summed E-state index contributed by atoms with van der Waals surface area (Å²) in [4.78, 5) is 9.84. The first-order valence-corrected chi connectivity index (χ1v) is 3.83. The first kappa shape index (κ1) is 9.46. The number of nitriles is 1. The van der Waals surface area contributed by atoms with Gasteiger partial charge in [-0.15, -0.1) is 0 Å². The van der Waals surface area contributed by atoms with Crippen molar-refractivity contribution in [2.24, 2.45) is 0 Å². The number of epoxide rings is 1. The first-order chi connectivity index (χ1) is 5.47. The van der Waals surface area contributed by atoms with Crippen molar-refractivity contribution in [2.45, 2.75) is 32.0 Å². The lowest BCUT2D eigenvalue weighted by molar-refractivity contribution is -0.352. The van der Waals surface area contributed by atoms with Crippen molar-refractivity contribution in [3.8, 4) is 6.07 Å². The molecule has 1 rings (SSSR count). The lowest BCUT2D eigenvalue weighted by Crippen LogP contribution is -2.24. The normalized spacial score (nSPS) is 28.2. The van der Waals surface area contributed by atoms with Gasteiger partial charge in [0.15, 0.2) is 0 Å². The fraction of sp³-hybridized carbons (Fsp3) is 0.875. The van der Waals surface area contributed by atoms with Gasteiger partial charge in [-0.1, -0.05) is 0 Å². The van der Waals surface area contributed by atoms with Gasteiger partial charge in [0.2, 0.25) is 5.60 Å². The molecule has 0 bridgehead atoms. The van der Waals surface area contributed by atoms with Gasteiger partial charge in [-0.05, 0) is 20.8 Å². The van der Waals surface area contributed by atoms with Crippen LogP contribution in [0.25, 0.3) is 0 Å². The molecule has 1 aliphatic heterocycles. The Morgan fingerprint density at radius 2 is 2.17 bits per heavy atom. The Balaban J connectivity index is 2.16. The quantitative estimate of drug-likeness (QED) is 0.361. The van der Waals surface area contributed by atoms with Crippen molar-refractivity contribution in [2.75, 3.05) is 13.2 Å². The average Bonchev–Trinajstić information content (AvgIpc) is 2.67. The van der Waals surface area contributed by atoms with Crippen LogP contribution >= 0.6 is 0 Å². The summed E-state index contributed by atoms with van der Waals surface area (Å²) in [5, 5.41) is 8.58. The van der Waals surface area contributed by atoms with Gasteiger partial charge >= 0.3 is 0 Å². The molecule has 1 aliphatic rings. The fourth-order valence-electron chi connectivity index (χ4n) is 0.569. The maximum atomic E-state index is 8.58. The minimum atomic E-state index is -0.731. The number of hydrogen-bond acceptors (Lipinski definition) is 4. The molecule has 1 atom stereocenters. The molecule has 4 nitrogen and oxygen atoms in total. The lowest BCUT2D eigenvalue weighted by Gasteiger charge is -2.17. The SMILES string of the molecule is CC(C)(C)OOCC1(C#N)CO1. The smallest absolute Gasteiger partial charge is 0.203 e. The van der Waals surface area contributed by atoms with E-state index in [9.17, 15) is 0 Å². The van der Waals surface area contributed by atoms with Crippen LogP contribution in [0.3, 0.4) is 0 Å². The highest BCUT2D eigenvalue weighted by atomic mass is 17.2. The summed E-state index contributed by atoms with van der Waals surface area (Å²) in [5.41, 5.74) is -1.07. The lowest BCUT2D eigenvalue weighted by atomic mass is 10.2. The summed E-state index contributed by atoms with van der Waals surface area (Å²) in [6.07, 6.45) is 0. The van der Waals surface area contributed by atoms with Crippen LogP contribution in [0.2, 0.25) is 0 Å². The van der Waals surface area contributed by atoms with Crippen molar-refractivity contribution in [1.82, 2.24) is 0 Å². The molecular formula is C8H13NO3. The van der Waals surface area contributed by atoms with E-state index in [1.807, 2.05) is 26.8 Å². The van der Waals surface area contributed by atoms with Gasteiger partial charge < -0.3 is 4.74 Å². The summed E-state index contributed by atoms with van der Waals surface area (Å²) < 4.78 is 4.89. The fourth-order valence-corrected chi connectivity index (χ4v) is 0.569. The summed E-state index contributed by atoms with van der Waals surface area (Å²) >= 11 is 0. The van der Waals surface area contributed by atoms with Gasteiger partial charge in [0, 0.05) is 0 Å². The molecule has 0 radical (unpaired) electrons. The van der Waals surface area contributed by atoms with E-state index in [1.54, 1.807) is 0 Å². The van der Waals surface area contributed by atoms with Crippen LogP contribution in [-0.4, -0.2) is 24.4 Å². The van der Waals surface area contributed by atoms with E-state index < -0.39 is 5.60 Å². The summed E-state index contributed by atoms with van der Waals surface area (Å²) in [7, 11) is 0. The molecule has 0 amide bonds. The largest absolute Gasteiger partial charge is 0.351 e. The Labute approximate surface area is 72.0 Å². The van der Waals surface area contributed by atoms with Crippen LogP contribution in [0.15, 0.2) is 0 Å². The van der Waals surface area contributed by atoms with E-state index in [1.165, 1.54) is 0 Å². The van der Waals surface area contributed by atoms with Crippen LogP contribution in [-0.2, 0) is 14.5 Å². The van der Waals surface area contributed by atoms with Gasteiger partial charge in [-0.25, -0.2) is 9.78 Å². The first-order valence-electron chi connectivity index (χ1n) is 3.83. The standard InChI is InChI=1S/C8H13NO3/c1-7(2,3)12-11-6-8(4-9)5-10-8/h5-6H2,1-3H3. The van der Waals surface area contributed by atoms with Gasteiger partial charge in [-0.2, -0.15) is 5.26 Å². The average molecular weight is 171 g/mol. The molecule has 1 fully saturated rings. The summed E-state index contributed by atoms with van der Waals surface area (Å²) in [6.45, 7) is 6.25. The minimum absolute atomic E-state index is 0.181. The molecule has 0 saturated carbocycles. The van der Waals surface area contributed by atoms with E-state index in [-0.39, 0.29) is 12.2 Å². The number of nitrogens with zero attached hydrogens (tertiary/aromatic N) is 1. The summed E-state index contributed by atoms with van der Waals surface area (Å²) in [6, 6.07) is 2.01. The maximum Gasteiger partial charge on any atom is 0.203 e. The molecule has 12 heavy (non-hydrogen) atoms. The Morgan fingerprint density at radius 1 is 1.58 bits per heavy atom. The molecule has 1 heterocycles. The third-order valence-corrected chi connectivity index (χ3v) is 1.30. The highest BCUT2D eigenvalue weighted by Gasteiger charge is 2.46. The topological polar surface area (TPSA) is 54.8 Å². The monoisotopic (exact) mass is 171 g/mol. The number of hydrogen-bond donors (Lipinski definition) is 0. The van der Waals surface area contributed by atoms with Gasteiger partial charge in [0.05, 0.1) is 12.2 Å². The van der Waals surface area contributed by atoms with Crippen molar-refractivity contribution in [3.63, 3.8) is 0 Å². The third kappa shape index (κ3) is 2.78. The molecule has 0 aromatic rings. The van der Waals surface area contributed by atoms with Crippen LogP contribution < -0.4 is 0 Å². The van der Waals surface area contributed by atoms with Crippen molar-refractivity contribution < 1.29 is 14.5 Å². The Kier molecular flexibility index (Phi) is 2.38. The van der Waals surface area contributed by atoms with Crippen molar-refractivity contribution >= 4 is 0 Å². The van der Waals surface area contributed by atoms with E-state index in [2.05, 4.69) is 0 Å². The Hall–Kier alpha value is -0.630. The second kappa shape index (κ2) is 3.02. The van der Waals surface area contributed by atoms with Crippen LogP contribution in [0, 0.1) is 11.3 Å². The highest BCUT2D eigenvalue weighted by Crippen LogP contribution is 2.26.